The third-order valence-electron chi connectivity index (χ3n) is 4.18. The van der Waals surface area contributed by atoms with Crippen LogP contribution in [0.15, 0.2) is 18.2 Å². The first-order valence-corrected chi connectivity index (χ1v) is 7.11. The van der Waals surface area contributed by atoms with Crippen LogP contribution in [0.2, 0.25) is 0 Å². The van der Waals surface area contributed by atoms with Gasteiger partial charge in [0.2, 0.25) is 0 Å². The number of rotatable bonds is 4. The number of hydrogen-bond acceptors (Lipinski definition) is 4. The van der Waals surface area contributed by atoms with Gasteiger partial charge in [0.15, 0.2) is 0 Å². The summed E-state index contributed by atoms with van der Waals surface area (Å²) >= 11 is 0. The van der Waals surface area contributed by atoms with E-state index in [0.717, 1.165) is 12.8 Å². The number of aryl methyl sites for hydroxylation is 1. The smallest absolute Gasteiger partial charge is 0.329 e. The highest BCUT2D eigenvalue weighted by molar-refractivity contribution is 5.83. The lowest BCUT2D eigenvalue weighted by atomic mass is 9.76. The number of anilines is 1. The molecule has 2 N–H and O–H groups in total. The second-order valence-corrected chi connectivity index (χ2v) is 5.97. The molecule has 114 valence electrons. The van der Waals surface area contributed by atoms with Crippen molar-refractivity contribution >= 4 is 17.3 Å². The normalized spacial score (nSPS) is 25.3. The van der Waals surface area contributed by atoms with Crippen LogP contribution in [0.4, 0.5) is 11.4 Å². The Balaban J connectivity index is 2.27. The van der Waals surface area contributed by atoms with E-state index in [-0.39, 0.29) is 5.69 Å². The minimum Gasteiger partial charge on any atom is -0.480 e. The van der Waals surface area contributed by atoms with Crippen molar-refractivity contribution < 1.29 is 14.8 Å². The van der Waals surface area contributed by atoms with Crippen molar-refractivity contribution in [2.45, 2.75) is 45.1 Å². The number of aliphatic carboxylic acids is 1. The number of nitro benzene ring substituents is 1. The lowest BCUT2D eigenvalue weighted by Gasteiger charge is -2.38. The van der Waals surface area contributed by atoms with Gasteiger partial charge < -0.3 is 10.4 Å². The maximum atomic E-state index is 11.7. The zero-order valence-electron chi connectivity index (χ0n) is 12.3. The first kappa shape index (κ1) is 15.3. The number of benzene rings is 1. The number of nitrogens with one attached hydrogen (secondary N) is 1. The molecule has 1 aromatic rings. The van der Waals surface area contributed by atoms with E-state index in [1.54, 1.807) is 19.1 Å². The Morgan fingerprint density at radius 2 is 2.24 bits per heavy atom. The molecule has 6 nitrogen and oxygen atoms in total. The van der Waals surface area contributed by atoms with Crippen LogP contribution in [-0.2, 0) is 4.79 Å². The highest BCUT2D eigenvalue weighted by Gasteiger charge is 2.42. The minimum absolute atomic E-state index is 0.0435. The van der Waals surface area contributed by atoms with Crippen LogP contribution in [0.5, 0.6) is 0 Å². The van der Waals surface area contributed by atoms with E-state index in [2.05, 4.69) is 12.2 Å². The molecule has 0 saturated heterocycles. The monoisotopic (exact) mass is 292 g/mol. The van der Waals surface area contributed by atoms with Gasteiger partial charge in [0.25, 0.3) is 5.69 Å². The van der Waals surface area contributed by atoms with E-state index >= 15 is 0 Å². The van der Waals surface area contributed by atoms with Crippen molar-refractivity contribution in [1.29, 1.82) is 0 Å². The number of carboxylic acid groups (broad SMARTS) is 1. The van der Waals surface area contributed by atoms with E-state index in [1.165, 1.54) is 6.07 Å². The molecule has 1 saturated carbocycles. The fraction of sp³-hybridized carbons (Fsp3) is 0.533. The van der Waals surface area contributed by atoms with Crippen molar-refractivity contribution in [2.24, 2.45) is 5.92 Å². The zero-order valence-corrected chi connectivity index (χ0v) is 12.3. The zero-order chi connectivity index (χ0) is 15.6. The quantitative estimate of drug-likeness (QED) is 0.655. The molecular weight excluding hydrogens is 272 g/mol. The van der Waals surface area contributed by atoms with Gasteiger partial charge >= 0.3 is 5.97 Å². The third kappa shape index (κ3) is 3.15. The molecule has 0 aliphatic heterocycles. The maximum absolute atomic E-state index is 11.7. The Hall–Kier alpha value is -2.11. The van der Waals surface area contributed by atoms with E-state index in [4.69, 9.17) is 0 Å². The summed E-state index contributed by atoms with van der Waals surface area (Å²) in [6.45, 7) is 3.71. The van der Waals surface area contributed by atoms with Crippen LogP contribution in [0.1, 0.15) is 38.2 Å². The summed E-state index contributed by atoms with van der Waals surface area (Å²) in [6, 6.07) is 4.64. The first-order valence-electron chi connectivity index (χ1n) is 7.11. The molecular formula is C15H20N2O4. The van der Waals surface area contributed by atoms with E-state index in [1.807, 2.05) is 0 Å². The number of carboxylic acids is 1. The van der Waals surface area contributed by atoms with Crippen molar-refractivity contribution in [3.05, 3.63) is 33.9 Å². The van der Waals surface area contributed by atoms with Crippen LogP contribution < -0.4 is 5.32 Å². The Labute approximate surface area is 123 Å². The van der Waals surface area contributed by atoms with Gasteiger partial charge in [0.1, 0.15) is 5.54 Å². The summed E-state index contributed by atoms with van der Waals surface area (Å²) in [5.74, 6) is -0.508. The summed E-state index contributed by atoms with van der Waals surface area (Å²) in [7, 11) is 0. The van der Waals surface area contributed by atoms with Gasteiger partial charge in [-0.15, -0.1) is 0 Å². The second kappa shape index (κ2) is 5.71. The predicted molar refractivity (Wildman–Crippen MR) is 79.5 cm³/mol. The van der Waals surface area contributed by atoms with Gasteiger partial charge in [-0.2, -0.15) is 0 Å². The summed E-state index contributed by atoms with van der Waals surface area (Å²) in [4.78, 5) is 22.1. The van der Waals surface area contributed by atoms with Crippen molar-refractivity contribution in [2.75, 3.05) is 5.32 Å². The van der Waals surface area contributed by atoms with Crippen LogP contribution >= 0.6 is 0 Å². The number of hydrogen-bond donors (Lipinski definition) is 2. The fourth-order valence-corrected chi connectivity index (χ4v) is 3.13. The van der Waals surface area contributed by atoms with E-state index in [9.17, 15) is 20.0 Å². The van der Waals surface area contributed by atoms with Gasteiger partial charge in [0, 0.05) is 17.3 Å². The Bertz CT molecular complexity index is 573. The van der Waals surface area contributed by atoms with Crippen LogP contribution in [-0.4, -0.2) is 21.5 Å². The maximum Gasteiger partial charge on any atom is 0.329 e. The summed E-state index contributed by atoms with van der Waals surface area (Å²) in [6.07, 6.45) is 3.05. The van der Waals surface area contributed by atoms with Gasteiger partial charge in [-0.1, -0.05) is 19.8 Å². The lowest BCUT2D eigenvalue weighted by Crippen LogP contribution is -2.49. The molecule has 1 aliphatic rings. The fourth-order valence-electron chi connectivity index (χ4n) is 3.13. The van der Waals surface area contributed by atoms with Gasteiger partial charge in [-0.25, -0.2) is 4.79 Å². The Kier molecular flexibility index (Phi) is 4.16. The Morgan fingerprint density at radius 1 is 1.52 bits per heavy atom. The van der Waals surface area contributed by atoms with Gasteiger partial charge in [-0.3, -0.25) is 10.1 Å². The van der Waals surface area contributed by atoms with Crippen molar-refractivity contribution in [1.82, 2.24) is 0 Å². The molecule has 1 fully saturated rings. The minimum atomic E-state index is -0.972. The molecule has 2 unspecified atom stereocenters. The highest BCUT2D eigenvalue weighted by Crippen LogP contribution is 2.36. The molecule has 0 aromatic heterocycles. The molecule has 0 radical (unpaired) electrons. The van der Waals surface area contributed by atoms with E-state index < -0.39 is 16.4 Å². The standard InChI is InChI=1S/C15H20N2O4/c1-10-4-3-7-15(9-10,14(18)19)16-12-5-6-13(17(20)21)11(2)8-12/h5-6,8,10,16H,3-4,7,9H2,1-2H3,(H,18,19). The molecule has 1 aliphatic carbocycles. The van der Waals surface area contributed by atoms with Gasteiger partial charge in [-0.05, 0) is 37.8 Å². The van der Waals surface area contributed by atoms with E-state index in [0.29, 0.717) is 30.0 Å². The second-order valence-electron chi connectivity index (χ2n) is 5.97. The van der Waals surface area contributed by atoms with Crippen molar-refractivity contribution in [3.8, 4) is 0 Å². The Morgan fingerprint density at radius 3 is 2.76 bits per heavy atom. The first-order chi connectivity index (χ1) is 9.84. The van der Waals surface area contributed by atoms with Gasteiger partial charge in [0.05, 0.1) is 4.92 Å². The number of nitro groups is 1. The molecule has 2 rings (SSSR count). The van der Waals surface area contributed by atoms with Crippen LogP contribution in [0.3, 0.4) is 0 Å². The SMILES string of the molecule is Cc1cc(NC2(C(=O)O)CCCC(C)C2)ccc1[N+](=O)[O-]. The summed E-state index contributed by atoms with van der Waals surface area (Å²) < 4.78 is 0. The number of carbonyl (C=O) groups is 1. The predicted octanol–water partition coefficient (Wildman–Crippen LogP) is 3.35. The molecule has 0 spiro atoms. The molecule has 1 aromatic carbocycles. The average Bonchev–Trinajstić information content (AvgIpc) is 2.38. The lowest BCUT2D eigenvalue weighted by molar-refractivity contribution is -0.385. The topological polar surface area (TPSA) is 92.5 Å². The molecule has 6 heteroatoms. The van der Waals surface area contributed by atoms with Crippen LogP contribution in [0, 0.1) is 23.0 Å². The van der Waals surface area contributed by atoms with Crippen LogP contribution in [0.25, 0.3) is 0 Å². The third-order valence-corrected chi connectivity index (χ3v) is 4.18. The number of nitrogens with zero attached hydrogens (tertiary/aromatic N) is 1. The molecule has 21 heavy (non-hydrogen) atoms. The largest absolute Gasteiger partial charge is 0.480 e. The summed E-state index contributed by atoms with van der Waals surface area (Å²) in [5, 5.41) is 23.5. The average molecular weight is 292 g/mol. The summed E-state index contributed by atoms with van der Waals surface area (Å²) in [5.41, 5.74) is 0.214. The molecule has 0 amide bonds. The molecule has 0 bridgehead atoms. The molecule has 2 atom stereocenters. The van der Waals surface area contributed by atoms with Crippen molar-refractivity contribution in [3.63, 3.8) is 0 Å². The molecule has 0 heterocycles. The highest BCUT2D eigenvalue weighted by atomic mass is 16.6.